The highest BCUT2D eigenvalue weighted by Crippen LogP contribution is 2.16. The molecule has 3 rings (SSSR count). The minimum atomic E-state index is -0.532. The Kier molecular flexibility index (Phi) is 3.57. The lowest BCUT2D eigenvalue weighted by molar-refractivity contribution is -0.384. The molecule has 2 aromatic carbocycles. The van der Waals surface area contributed by atoms with E-state index in [0.717, 1.165) is 0 Å². The van der Waals surface area contributed by atoms with Crippen LogP contribution in [0, 0.1) is 21.4 Å². The van der Waals surface area contributed by atoms with Crippen LogP contribution in [0.5, 0.6) is 0 Å². The van der Waals surface area contributed by atoms with E-state index in [9.17, 15) is 14.9 Å². The first kappa shape index (κ1) is 14.4. The van der Waals surface area contributed by atoms with E-state index < -0.39 is 4.92 Å². The van der Waals surface area contributed by atoms with Crippen molar-refractivity contribution in [3.63, 3.8) is 0 Å². The van der Waals surface area contributed by atoms with Crippen LogP contribution in [-0.2, 0) is 6.54 Å². The van der Waals surface area contributed by atoms with Gasteiger partial charge in [-0.1, -0.05) is 18.2 Å². The molecule has 0 amide bonds. The maximum Gasteiger partial charge on any atom is 0.271 e. The third-order valence-electron chi connectivity index (χ3n) is 3.50. The highest BCUT2D eigenvalue weighted by atomic mass is 16.6. The normalized spacial score (nSPS) is 10.4. The van der Waals surface area contributed by atoms with Gasteiger partial charge in [0.1, 0.15) is 0 Å². The molecule has 1 aromatic heterocycles. The van der Waals surface area contributed by atoms with Crippen molar-refractivity contribution in [3.8, 4) is 6.07 Å². The topological polar surface area (TPSA) is 102 Å². The number of hydrogen-bond donors (Lipinski definition) is 0. The molecular formula is C16H10N4O3. The number of nitro groups is 1. The molecule has 0 N–H and O–H groups in total. The van der Waals surface area contributed by atoms with Gasteiger partial charge in [0.05, 0.1) is 40.3 Å². The summed E-state index contributed by atoms with van der Waals surface area (Å²) in [6.07, 6.45) is 1.34. The predicted molar refractivity (Wildman–Crippen MR) is 82.9 cm³/mol. The molecule has 0 aliphatic rings. The fourth-order valence-electron chi connectivity index (χ4n) is 2.32. The van der Waals surface area contributed by atoms with Gasteiger partial charge in [0, 0.05) is 12.1 Å². The molecule has 112 valence electrons. The van der Waals surface area contributed by atoms with Crippen LogP contribution in [0.3, 0.4) is 0 Å². The van der Waals surface area contributed by atoms with Crippen molar-refractivity contribution in [1.82, 2.24) is 9.55 Å². The molecule has 0 radical (unpaired) electrons. The molecule has 0 aliphatic heterocycles. The summed E-state index contributed by atoms with van der Waals surface area (Å²) in [4.78, 5) is 26.8. The lowest BCUT2D eigenvalue weighted by Gasteiger charge is -2.08. The first-order valence-electron chi connectivity index (χ1n) is 6.72. The van der Waals surface area contributed by atoms with Gasteiger partial charge in [-0.05, 0) is 17.7 Å². The second-order valence-electron chi connectivity index (χ2n) is 4.91. The summed E-state index contributed by atoms with van der Waals surface area (Å²) in [5.41, 5.74) is 1.05. The van der Waals surface area contributed by atoms with Crippen LogP contribution in [0.1, 0.15) is 11.1 Å². The maximum absolute atomic E-state index is 12.5. The number of fused-ring (bicyclic) bond motifs is 1. The Hall–Kier alpha value is -3.53. The number of nitriles is 1. The van der Waals surface area contributed by atoms with Crippen molar-refractivity contribution in [1.29, 1.82) is 5.26 Å². The average molecular weight is 306 g/mol. The van der Waals surface area contributed by atoms with Gasteiger partial charge in [0.25, 0.3) is 11.2 Å². The van der Waals surface area contributed by atoms with Crippen LogP contribution in [0.2, 0.25) is 0 Å². The van der Waals surface area contributed by atoms with E-state index in [4.69, 9.17) is 5.26 Å². The van der Waals surface area contributed by atoms with E-state index >= 15 is 0 Å². The lowest BCUT2D eigenvalue weighted by Crippen LogP contribution is -2.21. The Morgan fingerprint density at radius 3 is 2.78 bits per heavy atom. The molecule has 0 spiro atoms. The molecule has 0 bridgehead atoms. The fourth-order valence-corrected chi connectivity index (χ4v) is 2.32. The van der Waals surface area contributed by atoms with E-state index in [1.54, 1.807) is 24.3 Å². The SMILES string of the molecule is N#Cc1ccccc1Cn1cnc2cc([N+](=O)[O-])ccc2c1=O. The standard InChI is InChI=1S/C16H10N4O3/c17-8-11-3-1-2-4-12(11)9-19-10-18-15-7-13(20(22)23)5-6-14(15)16(19)21/h1-7,10H,9H2. The van der Waals surface area contributed by atoms with Crippen LogP contribution in [0.15, 0.2) is 53.6 Å². The Morgan fingerprint density at radius 2 is 2.04 bits per heavy atom. The lowest BCUT2D eigenvalue weighted by atomic mass is 10.1. The van der Waals surface area contributed by atoms with Crippen molar-refractivity contribution in [3.05, 3.63) is 80.4 Å². The van der Waals surface area contributed by atoms with Crippen LogP contribution >= 0.6 is 0 Å². The van der Waals surface area contributed by atoms with Gasteiger partial charge in [-0.25, -0.2) is 4.98 Å². The molecule has 0 unspecified atom stereocenters. The Labute approximate surface area is 130 Å². The summed E-state index contributed by atoms with van der Waals surface area (Å²) >= 11 is 0. The molecular weight excluding hydrogens is 296 g/mol. The van der Waals surface area contributed by atoms with E-state index in [-0.39, 0.29) is 23.3 Å². The molecule has 0 aliphatic carbocycles. The van der Waals surface area contributed by atoms with Gasteiger partial charge in [-0.15, -0.1) is 0 Å². The molecule has 0 saturated heterocycles. The van der Waals surface area contributed by atoms with Gasteiger partial charge >= 0.3 is 0 Å². The minimum Gasteiger partial charge on any atom is -0.294 e. The third kappa shape index (κ3) is 2.65. The van der Waals surface area contributed by atoms with Crippen molar-refractivity contribution >= 4 is 16.6 Å². The molecule has 0 atom stereocenters. The molecule has 23 heavy (non-hydrogen) atoms. The number of rotatable bonds is 3. The van der Waals surface area contributed by atoms with Crippen LogP contribution in [0.4, 0.5) is 5.69 Å². The van der Waals surface area contributed by atoms with Gasteiger partial charge in [0.2, 0.25) is 0 Å². The number of benzene rings is 2. The van der Waals surface area contributed by atoms with Crippen molar-refractivity contribution in [2.45, 2.75) is 6.54 Å². The summed E-state index contributed by atoms with van der Waals surface area (Å²) in [5.74, 6) is 0. The number of hydrogen-bond acceptors (Lipinski definition) is 5. The maximum atomic E-state index is 12.5. The summed E-state index contributed by atoms with van der Waals surface area (Å²) in [6, 6.07) is 13.0. The quantitative estimate of drug-likeness (QED) is 0.545. The van der Waals surface area contributed by atoms with Crippen molar-refractivity contribution in [2.75, 3.05) is 0 Å². The first-order valence-corrected chi connectivity index (χ1v) is 6.72. The number of nitrogens with zero attached hydrogens (tertiary/aromatic N) is 4. The van der Waals surface area contributed by atoms with Gasteiger partial charge in [-0.3, -0.25) is 19.5 Å². The zero-order valence-electron chi connectivity index (χ0n) is 11.8. The largest absolute Gasteiger partial charge is 0.294 e. The smallest absolute Gasteiger partial charge is 0.271 e. The second-order valence-corrected chi connectivity index (χ2v) is 4.91. The summed E-state index contributed by atoms with van der Waals surface area (Å²) in [7, 11) is 0. The minimum absolute atomic E-state index is 0.114. The molecule has 3 aromatic rings. The van der Waals surface area contributed by atoms with E-state index in [0.29, 0.717) is 16.5 Å². The zero-order chi connectivity index (χ0) is 16.4. The third-order valence-corrected chi connectivity index (χ3v) is 3.50. The Morgan fingerprint density at radius 1 is 1.26 bits per heavy atom. The Bertz CT molecular complexity index is 1020. The fraction of sp³-hybridized carbons (Fsp3) is 0.0625. The van der Waals surface area contributed by atoms with E-state index in [1.807, 2.05) is 0 Å². The second kappa shape index (κ2) is 5.69. The predicted octanol–water partition coefficient (Wildman–Crippen LogP) is 2.22. The summed E-state index contributed by atoms with van der Waals surface area (Å²) < 4.78 is 1.38. The molecule has 7 heteroatoms. The highest BCUT2D eigenvalue weighted by molar-refractivity contribution is 5.79. The van der Waals surface area contributed by atoms with Gasteiger partial charge < -0.3 is 0 Å². The number of non-ortho nitro benzene ring substituents is 1. The Balaban J connectivity index is 2.08. The number of nitro benzene ring substituents is 1. The molecule has 0 saturated carbocycles. The first-order chi connectivity index (χ1) is 11.1. The molecule has 0 fully saturated rings. The monoisotopic (exact) mass is 306 g/mol. The molecule has 1 heterocycles. The van der Waals surface area contributed by atoms with E-state index in [1.165, 1.54) is 29.1 Å². The van der Waals surface area contributed by atoms with Crippen LogP contribution < -0.4 is 5.56 Å². The van der Waals surface area contributed by atoms with Gasteiger partial charge in [0.15, 0.2) is 0 Å². The highest BCUT2D eigenvalue weighted by Gasteiger charge is 2.11. The van der Waals surface area contributed by atoms with Crippen LogP contribution in [-0.4, -0.2) is 14.5 Å². The average Bonchev–Trinajstić information content (AvgIpc) is 2.57. The zero-order valence-corrected chi connectivity index (χ0v) is 11.8. The van der Waals surface area contributed by atoms with Crippen molar-refractivity contribution < 1.29 is 4.92 Å². The summed E-state index contributed by atoms with van der Waals surface area (Å²) in [6.45, 7) is 0.211. The number of aromatic nitrogens is 2. The van der Waals surface area contributed by atoms with Gasteiger partial charge in [-0.2, -0.15) is 5.26 Å². The summed E-state index contributed by atoms with van der Waals surface area (Å²) in [5, 5.41) is 20.2. The van der Waals surface area contributed by atoms with E-state index in [2.05, 4.69) is 11.1 Å². The van der Waals surface area contributed by atoms with Crippen LogP contribution in [0.25, 0.3) is 10.9 Å². The van der Waals surface area contributed by atoms with Crippen molar-refractivity contribution in [2.24, 2.45) is 0 Å². The molecule has 7 nitrogen and oxygen atoms in total.